The van der Waals surface area contributed by atoms with Gasteiger partial charge in [0.25, 0.3) is 0 Å². The van der Waals surface area contributed by atoms with Crippen LogP contribution in [0.4, 0.5) is 0 Å². The maximum absolute atomic E-state index is 11.7. The molecule has 1 aromatic heterocycles. The van der Waals surface area contributed by atoms with Gasteiger partial charge >= 0.3 is 11.9 Å². The van der Waals surface area contributed by atoms with Crippen LogP contribution in [0.5, 0.6) is 0 Å². The van der Waals surface area contributed by atoms with Gasteiger partial charge in [-0.3, -0.25) is 0 Å². The summed E-state index contributed by atoms with van der Waals surface area (Å²) in [5.41, 5.74) is 1.82. The maximum Gasteiger partial charge on any atom is 0.337 e. The van der Waals surface area contributed by atoms with E-state index < -0.39 is 11.9 Å². The van der Waals surface area contributed by atoms with Gasteiger partial charge in [-0.15, -0.1) is 0 Å². The van der Waals surface area contributed by atoms with Crippen LogP contribution in [-0.4, -0.2) is 31.7 Å². The largest absolute Gasteiger partial charge is 0.478 e. The van der Waals surface area contributed by atoms with Gasteiger partial charge in [-0.25, -0.2) is 14.6 Å². The highest BCUT2D eigenvalue weighted by Crippen LogP contribution is 2.28. The molecule has 3 aromatic rings. The lowest BCUT2D eigenvalue weighted by atomic mass is 10.1. The van der Waals surface area contributed by atoms with Crippen molar-refractivity contribution >= 4 is 46.2 Å². The summed E-state index contributed by atoms with van der Waals surface area (Å²) in [5, 5.41) is 19.1. The first-order valence-corrected chi connectivity index (χ1v) is 9.01. The number of aryl methyl sites for hydroxylation is 1. The summed E-state index contributed by atoms with van der Waals surface area (Å²) in [7, 11) is 0. The minimum Gasteiger partial charge on any atom is -0.478 e. The van der Waals surface area contributed by atoms with Gasteiger partial charge in [-0.1, -0.05) is 36.2 Å². The summed E-state index contributed by atoms with van der Waals surface area (Å²) in [6, 6.07) is 7.71. The van der Waals surface area contributed by atoms with Crippen molar-refractivity contribution in [2.75, 3.05) is 0 Å². The van der Waals surface area contributed by atoms with Crippen LogP contribution in [0.2, 0.25) is 10.0 Å². The highest BCUT2D eigenvalue weighted by Gasteiger charge is 2.19. The Balaban J connectivity index is 2.17. The predicted octanol–water partition coefficient (Wildman–Crippen LogP) is 4.74. The maximum atomic E-state index is 11.7. The van der Waals surface area contributed by atoms with Gasteiger partial charge in [0.2, 0.25) is 0 Å². The van der Waals surface area contributed by atoms with Gasteiger partial charge in [0.15, 0.2) is 0 Å². The molecule has 0 saturated carbocycles. The molecule has 8 heteroatoms. The fraction of sp³-hybridized carbons (Fsp3) is 0.211. The van der Waals surface area contributed by atoms with E-state index >= 15 is 0 Å². The normalized spacial score (nSPS) is 11.1. The zero-order valence-corrected chi connectivity index (χ0v) is 15.9. The summed E-state index contributed by atoms with van der Waals surface area (Å²) in [5.74, 6) is -1.46. The van der Waals surface area contributed by atoms with Crippen LogP contribution >= 0.6 is 23.2 Å². The van der Waals surface area contributed by atoms with Crippen molar-refractivity contribution in [3.05, 3.63) is 62.9 Å². The molecular weight excluding hydrogens is 391 g/mol. The number of hydrogen-bond donors (Lipinski definition) is 2. The Bertz CT molecular complexity index is 1060. The lowest BCUT2D eigenvalue weighted by Gasteiger charge is -2.12. The number of fused-ring (bicyclic) bond motifs is 1. The van der Waals surface area contributed by atoms with E-state index in [0.29, 0.717) is 29.0 Å². The van der Waals surface area contributed by atoms with E-state index in [9.17, 15) is 14.7 Å². The van der Waals surface area contributed by atoms with Gasteiger partial charge < -0.3 is 14.8 Å². The van der Waals surface area contributed by atoms with Crippen molar-refractivity contribution in [3.63, 3.8) is 0 Å². The van der Waals surface area contributed by atoms with Crippen LogP contribution in [-0.2, 0) is 13.0 Å². The van der Waals surface area contributed by atoms with Gasteiger partial charge in [-0.05, 0) is 36.2 Å². The van der Waals surface area contributed by atoms with Crippen molar-refractivity contribution in [3.8, 4) is 0 Å². The Hall–Kier alpha value is -2.57. The van der Waals surface area contributed by atoms with Crippen LogP contribution in [0.25, 0.3) is 11.0 Å². The monoisotopic (exact) mass is 406 g/mol. The first-order valence-electron chi connectivity index (χ1n) is 8.25. The number of benzene rings is 2. The van der Waals surface area contributed by atoms with E-state index in [1.54, 1.807) is 18.2 Å². The standard InChI is InChI=1S/C19H16Cl2N2O4/c1-2-3-16-22-15-8-11(20)7-13(19(26)27)17(15)23(16)9-10-4-5-12(18(24)25)14(21)6-10/h4-8H,2-3,9H2,1H3,(H,24,25)(H,26,27). The molecule has 140 valence electrons. The molecule has 1 heterocycles. The van der Waals surface area contributed by atoms with Crippen LogP contribution in [0, 0.1) is 0 Å². The highest BCUT2D eigenvalue weighted by molar-refractivity contribution is 6.33. The van der Waals surface area contributed by atoms with E-state index in [-0.39, 0.29) is 16.1 Å². The average Bonchev–Trinajstić information content (AvgIpc) is 2.91. The molecule has 0 radical (unpaired) electrons. The summed E-state index contributed by atoms with van der Waals surface area (Å²) < 4.78 is 1.82. The highest BCUT2D eigenvalue weighted by atomic mass is 35.5. The van der Waals surface area contributed by atoms with Crippen molar-refractivity contribution in [2.24, 2.45) is 0 Å². The molecule has 0 unspecified atom stereocenters. The molecular formula is C19H16Cl2N2O4. The molecule has 2 aromatic carbocycles. The molecule has 0 aliphatic heterocycles. The Morgan fingerprint density at radius 1 is 1.07 bits per heavy atom. The Kier molecular flexibility index (Phi) is 5.39. The number of carboxylic acids is 2. The molecule has 0 saturated heterocycles. The van der Waals surface area contributed by atoms with Crippen LogP contribution in [0.1, 0.15) is 45.4 Å². The molecule has 6 nitrogen and oxygen atoms in total. The quantitative estimate of drug-likeness (QED) is 0.616. The summed E-state index contributed by atoms with van der Waals surface area (Å²) >= 11 is 12.1. The van der Waals surface area contributed by atoms with Crippen molar-refractivity contribution < 1.29 is 19.8 Å². The number of aromatic nitrogens is 2. The fourth-order valence-corrected chi connectivity index (χ4v) is 3.54. The second kappa shape index (κ2) is 7.58. The molecule has 0 fully saturated rings. The van der Waals surface area contributed by atoms with Crippen LogP contribution in [0.15, 0.2) is 30.3 Å². The fourth-order valence-electron chi connectivity index (χ4n) is 3.04. The third kappa shape index (κ3) is 3.77. The van der Waals surface area contributed by atoms with Crippen LogP contribution in [0.3, 0.4) is 0 Å². The Morgan fingerprint density at radius 2 is 1.78 bits per heavy atom. The van der Waals surface area contributed by atoms with Gasteiger partial charge in [0, 0.05) is 18.0 Å². The second-order valence-electron chi connectivity index (χ2n) is 6.11. The van der Waals surface area contributed by atoms with Crippen molar-refractivity contribution in [1.29, 1.82) is 0 Å². The number of imidazole rings is 1. The molecule has 0 spiro atoms. The first kappa shape index (κ1) is 19.2. The molecule has 0 bridgehead atoms. The smallest absolute Gasteiger partial charge is 0.337 e. The number of carboxylic acid groups (broad SMARTS) is 2. The predicted molar refractivity (Wildman–Crippen MR) is 103 cm³/mol. The van der Waals surface area contributed by atoms with Gasteiger partial charge in [-0.2, -0.15) is 0 Å². The number of hydrogen-bond acceptors (Lipinski definition) is 3. The average molecular weight is 407 g/mol. The molecule has 0 atom stereocenters. The molecule has 0 amide bonds. The van der Waals surface area contributed by atoms with Gasteiger partial charge in [0.05, 0.1) is 27.2 Å². The zero-order valence-electron chi connectivity index (χ0n) is 14.4. The zero-order chi connectivity index (χ0) is 19.7. The SMILES string of the molecule is CCCc1nc2cc(Cl)cc(C(=O)O)c2n1Cc1ccc(C(=O)O)c(Cl)c1. The molecule has 0 aliphatic carbocycles. The lowest BCUT2D eigenvalue weighted by Crippen LogP contribution is -2.09. The minimum absolute atomic E-state index is 0.0164. The molecule has 3 rings (SSSR count). The molecule has 0 aliphatic rings. The Morgan fingerprint density at radius 3 is 2.37 bits per heavy atom. The number of carbonyl (C=O) groups is 2. The van der Waals surface area contributed by atoms with Crippen molar-refractivity contribution in [1.82, 2.24) is 9.55 Å². The summed E-state index contributed by atoms with van der Waals surface area (Å²) in [6.07, 6.45) is 1.49. The number of halogens is 2. The van der Waals surface area contributed by atoms with Gasteiger partial charge in [0.1, 0.15) is 5.82 Å². The first-order chi connectivity index (χ1) is 12.8. The molecule has 27 heavy (non-hydrogen) atoms. The second-order valence-corrected chi connectivity index (χ2v) is 6.95. The Labute approximate surface area is 165 Å². The summed E-state index contributed by atoms with van der Waals surface area (Å²) in [6.45, 7) is 2.32. The molecule has 2 N–H and O–H groups in total. The van der Waals surface area contributed by atoms with Crippen LogP contribution < -0.4 is 0 Å². The third-order valence-electron chi connectivity index (χ3n) is 4.19. The third-order valence-corrected chi connectivity index (χ3v) is 4.73. The summed E-state index contributed by atoms with van der Waals surface area (Å²) in [4.78, 5) is 27.4. The lowest BCUT2D eigenvalue weighted by molar-refractivity contribution is 0.0687. The van der Waals surface area contributed by atoms with E-state index in [2.05, 4.69) is 4.98 Å². The number of aromatic carboxylic acids is 2. The topological polar surface area (TPSA) is 92.4 Å². The van der Waals surface area contributed by atoms with E-state index in [4.69, 9.17) is 28.3 Å². The number of nitrogens with zero attached hydrogens (tertiary/aromatic N) is 2. The van der Waals surface area contributed by atoms with E-state index in [1.807, 2.05) is 11.5 Å². The van der Waals surface area contributed by atoms with E-state index in [0.717, 1.165) is 17.8 Å². The minimum atomic E-state index is -1.10. The van der Waals surface area contributed by atoms with E-state index in [1.165, 1.54) is 12.1 Å². The number of rotatable bonds is 6. The van der Waals surface area contributed by atoms with Crippen molar-refractivity contribution in [2.45, 2.75) is 26.3 Å².